The predicted octanol–water partition coefficient (Wildman–Crippen LogP) is 5.36. The number of hydrogen-bond acceptors (Lipinski definition) is 7. The second-order valence-corrected chi connectivity index (χ2v) is 16.2. The number of piperidine rings is 1. The Balaban J connectivity index is 1.30. The van der Waals surface area contributed by atoms with Gasteiger partial charge in [-0.2, -0.15) is 4.31 Å². The number of ketones is 1. The Hall–Kier alpha value is -3.24. The van der Waals surface area contributed by atoms with Crippen LogP contribution in [0.15, 0.2) is 66.7 Å². The third kappa shape index (κ3) is 5.59. The Morgan fingerprint density at radius 1 is 1.09 bits per heavy atom. The number of rotatable bonds is 12. The van der Waals surface area contributed by atoms with Gasteiger partial charge in [-0.15, -0.1) is 0 Å². The van der Waals surface area contributed by atoms with Crippen molar-refractivity contribution in [3.8, 4) is 11.5 Å². The normalized spacial score (nSPS) is 26.3. The van der Waals surface area contributed by atoms with Crippen molar-refractivity contribution in [1.29, 1.82) is 0 Å². The van der Waals surface area contributed by atoms with E-state index in [1.165, 1.54) is 12.7 Å². The van der Waals surface area contributed by atoms with Crippen LogP contribution in [0.5, 0.6) is 11.5 Å². The highest BCUT2D eigenvalue weighted by atomic mass is 32.2. The van der Waals surface area contributed by atoms with Crippen molar-refractivity contribution in [2.75, 3.05) is 33.4 Å². The van der Waals surface area contributed by atoms with Gasteiger partial charge in [-0.1, -0.05) is 74.5 Å². The van der Waals surface area contributed by atoms with Gasteiger partial charge >= 0.3 is 0 Å². The van der Waals surface area contributed by atoms with Crippen LogP contribution >= 0.6 is 0 Å². The minimum Gasteiger partial charge on any atom is -0.504 e. The summed E-state index contributed by atoms with van der Waals surface area (Å²) in [5, 5.41) is 11.6. The number of Topliss-reactive ketones (excluding diaryl/α,β-unsaturated/α-hetero) is 1. The van der Waals surface area contributed by atoms with E-state index >= 15 is 0 Å². The molecule has 0 amide bonds. The molecule has 2 unspecified atom stereocenters. The van der Waals surface area contributed by atoms with Crippen LogP contribution in [0.4, 0.5) is 0 Å². The molecule has 2 aliphatic heterocycles. The highest BCUT2D eigenvalue weighted by Gasteiger charge is 2.67. The maximum Gasteiger partial charge on any atom is 0.218 e. The van der Waals surface area contributed by atoms with Gasteiger partial charge in [-0.25, -0.2) is 8.42 Å². The van der Waals surface area contributed by atoms with Crippen molar-refractivity contribution >= 4 is 15.8 Å². The van der Waals surface area contributed by atoms with Crippen molar-refractivity contribution in [3.05, 3.63) is 94.5 Å². The van der Waals surface area contributed by atoms with E-state index in [2.05, 4.69) is 43.0 Å². The maximum absolute atomic E-state index is 14.3. The SMILES string of the molecule is COCC(=O)c1cc2c3c(c1O)OC1C(N(CC(C)C)S(=O)(=O)Cc4ccccc4)CC[C@H]4[C@@H](C2)N(CCc2ccccc2)CC[C@]314. The van der Waals surface area contributed by atoms with E-state index in [1.54, 1.807) is 4.31 Å². The quantitative estimate of drug-likeness (QED) is 0.262. The lowest BCUT2D eigenvalue weighted by Crippen LogP contribution is -2.69. The molecule has 0 radical (unpaired) electrons. The average Bonchev–Trinajstić information content (AvgIpc) is 3.40. The zero-order valence-electron chi connectivity index (χ0n) is 27.6. The number of methoxy groups -OCH3 is 1. The van der Waals surface area contributed by atoms with Crippen LogP contribution in [0.2, 0.25) is 0 Å². The molecule has 8 nitrogen and oxygen atoms in total. The number of aromatic hydroxyl groups is 1. The predicted molar refractivity (Wildman–Crippen MR) is 181 cm³/mol. The van der Waals surface area contributed by atoms with E-state index in [4.69, 9.17) is 9.47 Å². The highest BCUT2D eigenvalue weighted by molar-refractivity contribution is 7.88. The molecule has 47 heavy (non-hydrogen) atoms. The van der Waals surface area contributed by atoms with Crippen molar-refractivity contribution in [1.82, 2.24) is 9.21 Å². The number of carbonyl (C=O) groups is 1. The molecule has 2 aliphatic carbocycles. The Morgan fingerprint density at radius 3 is 2.47 bits per heavy atom. The highest BCUT2D eigenvalue weighted by Crippen LogP contribution is 2.65. The third-order valence-electron chi connectivity index (χ3n) is 11.1. The fourth-order valence-electron chi connectivity index (χ4n) is 9.27. The lowest BCUT2D eigenvalue weighted by Gasteiger charge is -2.60. The number of phenolic OH excluding ortho intramolecular Hbond substituents is 1. The molecular weight excluding hydrogens is 612 g/mol. The number of carbonyl (C=O) groups excluding carboxylic acids is 1. The summed E-state index contributed by atoms with van der Waals surface area (Å²) in [7, 11) is -2.24. The molecule has 9 heteroatoms. The summed E-state index contributed by atoms with van der Waals surface area (Å²) in [6.07, 6.45) is 3.61. The Labute approximate surface area is 278 Å². The van der Waals surface area contributed by atoms with Crippen LogP contribution in [0, 0.1) is 11.8 Å². The van der Waals surface area contributed by atoms with Gasteiger partial charge in [0.1, 0.15) is 12.7 Å². The molecule has 3 aromatic rings. The Morgan fingerprint density at radius 2 is 1.79 bits per heavy atom. The van der Waals surface area contributed by atoms with Gasteiger partial charge in [0.2, 0.25) is 10.0 Å². The molecular formula is C38H46N2O6S. The van der Waals surface area contributed by atoms with E-state index < -0.39 is 27.6 Å². The molecule has 1 spiro atoms. The number of ether oxygens (including phenoxy) is 2. The van der Waals surface area contributed by atoms with Gasteiger partial charge in [-0.05, 0) is 73.2 Å². The average molecular weight is 659 g/mol. The molecule has 1 saturated carbocycles. The fraction of sp³-hybridized carbons (Fsp3) is 0.500. The van der Waals surface area contributed by atoms with Crippen LogP contribution < -0.4 is 4.74 Å². The van der Waals surface area contributed by atoms with Crippen molar-refractivity contribution in [3.63, 3.8) is 0 Å². The van der Waals surface area contributed by atoms with E-state index in [0.29, 0.717) is 18.7 Å². The van der Waals surface area contributed by atoms with Crippen molar-refractivity contribution in [2.45, 2.75) is 75.3 Å². The first-order valence-corrected chi connectivity index (χ1v) is 18.6. The Bertz CT molecular complexity index is 1730. The first-order chi connectivity index (χ1) is 22.6. The minimum atomic E-state index is -3.72. The summed E-state index contributed by atoms with van der Waals surface area (Å²) in [5.41, 5.74) is 3.88. The largest absolute Gasteiger partial charge is 0.504 e. The molecule has 4 aliphatic rings. The molecule has 7 rings (SSSR count). The zero-order valence-corrected chi connectivity index (χ0v) is 28.4. The summed E-state index contributed by atoms with van der Waals surface area (Å²) in [4.78, 5) is 15.8. The first-order valence-electron chi connectivity index (χ1n) is 17.0. The smallest absolute Gasteiger partial charge is 0.218 e. The monoisotopic (exact) mass is 658 g/mol. The van der Waals surface area contributed by atoms with Crippen LogP contribution in [-0.2, 0) is 38.8 Å². The summed E-state index contributed by atoms with van der Waals surface area (Å²) < 4.78 is 42.5. The lowest BCUT2D eigenvalue weighted by atomic mass is 9.51. The molecule has 2 heterocycles. The van der Waals surface area contributed by atoms with E-state index in [9.17, 15) is 18.3 Å². The maximum atomic E-state index is 14.3. The molecule has 0 aromatic heterocycles. The second-order valence-electron chi connectivity index (χ2n) is 14.3. The number of phenols is 1. The second kappa shape index (κ2) is 12.7. The minimum absolute atomic E-state index is 0.0742. The molecule has 250 valence electrons. The van der Waals surface area contributed by atoms with E-state index in [1.807, 2.05) is 42.5 Å². The van der Waals surface area contributed by atoms with Crippen LogP contribution in [0.3, 0.4) is 0 Å². The Kier molecular flexibility index (Phi) is 8.70. The van der Waals surface area contributed by atoms with Gasteiger partial charge in [0.05, 0.1) is 17.4 Å². The van der Waals surface area contributed by atoms with Gasteiger partial charge in [0.25, 0.3) is 0 Å². The van der Waals surface area contributed by atoms with Gasteiger partial charge < -0.3 is 14.6 Å². The molecule has 1 N–H and O–H groups in total. The van der Waals surface area contributed by atoms with Gasteiger partial charge in [0, 0.05) is 37.2 Å². The summed E-state index contributed by atoms with van der Waals surface area (Å²) in [6, 6.07) is 21.6. The molecule has 5 atom stereocenters. The number of hydrogen-bond donors (Lipinski definition) is 1. The summed E-state index contributed by atoms with van der Waals surface area (Å²) in [5.74, 6) is 0.233. The van der Waals surface area contributed by atoms with Crippen LogP contribution in [0.1, 0.15) is 65.7 Å². The van der Waals surface area contributed by atoms with Gasteiger partial charge in [-0.3, -0.25) is 9.69 Å². The zero-order chi connectivity index (χ0) is 32.9. The topological polar surface area (TPSA) is 96.4 Å². The van der Waals surface area contributed by atoms with E-state index in [0.717, 1.165) is 55.5 Å². The molecule has 3 aromatic carbocycles. The van der Waals surface area contributed by atoms with Gasteiger partial charge in [0.15, 0.2) is 17.3 Å². The van der Waals surface area contributed by atoms with Crippen LogP contribution in [-0.4, -0.2) is 80.1 Å². The van der Waals surface area contributed by atoms with E-state index in [-0.39, 0.29) is 47.3 Å². The first kappa shape index (κ1) is 32.3. The van der Waals surface area contributed by atoms with Crippen molar-refractivity contribution < 1.29 is 27.8 Å². The molecule has 2 fully saturated rings. The third-order valence-corrected chi connectivity index (χ3v) is 12.9. The van der Waals surface area contributed by atoms with Crippen molar-refractivity contribution in [2.24, 2.45) is 11.8 Å². The molecule has 1 saturated heterocycles. The van der Waals surface area contributed by atoms with Crippen LogP contribution in [0.25, 0.3) is 0 Å². The lowest BCUT2D eigenvalue weighted by molar-refractivity contribution is -0.0770. The number of benzene rings is 3. The summed E-state index contributed by atoms with van der Waals surface area (Å²) in [6.45, 7) is 6.15. The summed E-state index contributed by atoms with van der Waals surface area (Å²) >= 11 is 0. The number of nitrogens with zero attached hydrogens (tertiary/aromatic N) is 2. The molecule has 2 bridgehead atoms. The fourth-order valence-corrected chi connectivity index (χ4v) is 11.2. The number of sulfonamides is 1. The standard InChI is InChI=1S/C38H46N2O6S/c1-25(2)22-40(47(43,44)24-27-12-8-5-9-13-27)31-15-14-30-32-21-28-20-29(33(41)23-45-3)35(42)36-34(28)38(30,37(31)46-36)17-19-39(32)18-16-26-10-6-4-7-11-26/h4-13,20,25,30-32,37,42H,14-19,21-24H2,1-3H3/t30-,31?,32+,37?,38-/m0/s1. The number of likely N-dealkylation sites (tertiary alicyclic amines) is 1.